The van der Waals surface area contributed by atoms with Crippen LogP contribution in [0.3, 0.4) is 0 Å². The highest BCUT2D eigenvalue weighted by molar-refractivity contribution is 7.47. The average Bonchev–Trinajstić information content (AvgIpc) is 3.36. The highest BCUT2D eigenvalue weighted by Crippen LogP contribution is 2.43. The number of phosphoric ester groups is 1. The Morgan fingerprint density at radius 1 is 0.437 bits per heavy atom. The van der Waals surface area contributed by atoms with E-state index < -0.39 is 26.5 Å². The number of allylic oxidation sites excluding steroid dienone is 10. The number of unbranched alkanes of at least 4 members (excludes halogenated alkanes) is 33. The zero-order chi connectivity index (χ0) is 51.7. The minimum atomic E-state index is -4.39. The predicted octanol–water partition coefficient (Wildman–Crippen LogP) is 18.7. The molecule has 0 bridgehead atoms. The first kappa shape index (κ1) is 68.7. The van der Waals surface area contributed by atoms with Crippen molar-refractivity contribution in [3.63, 3.8) is 0 Å². The van der Waals surface area contributed by atoms with Crippen molar-refractivity contribution in [2.75, 3.05) is 26.4 Å². The minimum Gasteiger partial charge on any atom is -0.462 e. The maximum Gasteiger partial charge on any atom is 0.472 e. The summed E-state index contributed by atoms with van der Waals surface area (Å²) in [7, 11) is -4.39. The summed E-state index contributed by atoms with van der Waals surface area (Å²) in [4.78, 5) is 35.2. The van der Waals surface area contributed by atoms with Gasteiger partial charge in [-0.1, -0.05) is 254 Å². The molecule has 0 fully saturated rings. The number of rotatable bonds is 56. The lowest BCUT2D eigenvalue weighted by Gasteiger charge is -2.19. The average molecular weight is 1020 g/mol. The van der Waals surface area contributed by atoms with Gasteiger partial charge >= 0.3 is 19.8 Å². The molecule has 0 aromatic rings. The molecule has 0 aromatic heterocycles. The Morgan fingerprint density at radius 2 is 0.775 bits per heavy atom. The molecule has 10 heteroatoms. The molecule has 0 aliphatic rings. The number of hydrogen-bond acceptors (Lipinski definition) is 8. The Kier molecular flexibility index (Phi) is 55.2. The van der Waals surface area contributed by atoms with E-state index in [1.807, 2.05) is 0 Å². The van der Waals surface area contributed by atoms with Gasteiger partial charge in [0.1, 0.15) is 6.61 Å². The molecule has 71 heavy (non-hydrogen) atoms. The molecule has 414 valence electrons. The molecule has 0 saturated heterocycles. The van der Waals surface area contributed by atoms with Crippen LogP contribution in [-0.4, -0.2) is 49.3 Å². The van der Waals surface area contributed by atoms with Crippen molar-refractivity contribution in [2.24, 2.45) is 5.73 Å². The van der Waals surface area contributed by atoms with Gasteiger partial charge in [-0.05, 0) is 77.0 Å². The second-order valence-corrected chi connectivity index (χ2v) is 21.3. The van der Waals surface area contributed by atoms with Gasteiger partial charge in [-0.3, -0.25) is 18.6 Å². The van der Waals surface area contributed by atoms with Crippen molar-refractivity contribution in [2.45, 2.75) is 290 Å². The van der Waals surface area contributed by atoms with Gasteiger partial charge in [0, 0.05) is 19.4 Å². The van der Waals surface area contributed by atoms with E-state index in [1.165, 1.54) is 186 Å². The summed E-state index contributed by atoms with van der Waals surface area (Å²) in [6, 6.07) is 0. The van der Waals surface area contributed by atoms with Gasteiger partial charge in [-0.25, -0.2) is 4.57 Å². The van der Waals surface area contributed by atoms with E-state index in [0.29, 0.717) is 6.42 Å². The fraction of sp³-hybridized carbons (Fsp3) is 0.803. The van der Waals surface area contributed by atoms with E-state index in [4.69, 9.17) is 24.3 Å². The molecule has 0 aromatic carbocycles. The normalized spacial score (nSPS) is 13.5. The first-order chi connectivity index (χ1) is 34.8. The summed E-state index contributed by atoms with van der Waals surface area (Å²) in [5.41, 5.74) is 5.39. The highest BCUT2D eigenvalue weighted by atomic mass is 31.2. The second-order valence-electron chi connectivity index (χ2n) is 19.8. The minimum absolute atomic E-state index is 0.0527. The third-order valence-electron chi connectivity index (χ3n) is 12.9. The Labute approximate surface area is 438 Å². The molecule has 0 aliphatic carbocycles. The molecule has 2 unspecified atom stereocenters. The molecule has 0 radical (unpaired) electrons. The summed E-state index contributed by atoms with van der Waals surface area (Å²) in [5.74, 6) is -0.820. The number of esters is 2. The van der Waals surface area contributed by atoms with Crippen molar-refractivity contribution < 1.29 is 37.6 Å². The molecule has 0 heterocycles. The van der Waals surface area contributed by atoms with Gasteiger partial charge in [0.2, 0.25) is 0 Å². The fourth-order valence-electron chi connectivity index (χ4n) is 8.51. The van der Waals surface area contributed by atoms with Crippen LogP contribution >= 0.6 is 7.82 Å². The maximum absolute atomic E-state index is 12.7. The lowest BCUT2D eigenvalue weighted by Crippen LogP contribution is -2.29. The molecule has 0 rings (SSSR count). The number of phosphoric acid groups is 1. The molecule has 0 aliphatic heterocycles. The van der Waals surface area contributed by atoms with Crippen LogP contribution in [0.4, 0.5) is 0 Å². The van der Waals surface area contributed by atoms with Crippen LogP contribution in [0.1, 0.15) is 284 Å². The molecular formula is C61H112NO8P. The molecule has 0 amide bonds. The summed E-state index contributed by atoms with van der Waals surface area (Å²) in [6.07, 6.45) is 71.3. The Balaban J connectivity index is 3.94. The van der Waals surface area contributed by atoms with E-state index in [9.17, 15) is 19.0 Å². The Bertz CT molecular complexity index is 1350. The van der Waals surface area contributed by atoms with E-state index in [1.54, 1.807) is 0 Å². The van der Waals surface area contributed by atoms with Gasteiger partial charge < -0.3 is 20.1 Å². The molecule has 2 atom stereocenters. The Morgan fingerprint density at radius 3 is 1.17 bits per heavy atom. The third kappa shape index (κ3) is 56.9. The number of hydrogen-bond donors (Lipinski definition) is 2. The monoisotopic (exact) mass is 1020 g/mol. The highest BCUT2D eigenvalue weighted by Gasteiger charge is 2.26. The van der Waals surface area contributed by atoms with E-state index in [2.05, 4.69) is 74.6 Å². The number of nitrogens with two attached hydrogens (primary N) is 1. The van der Waals surface area contributed by atoms with Crippen molar-refractivity contribution >= 4 is 19.8 Å². The van der Waals surface area contributed by atoms with Crippen LogP contribution in [0, 0.1) is 0 Å². The van der Waals surface area contributed by atoms with Crippen molar-refractivity contribution in [3.05, 3.63) is 60.8 Å². The summed E-state index contributed by atoms with van der Waals surface area (Å²) < 4.78 is 33.1. The molecular weight excluding hydrogens is 906 g/mol. The molecule has 9 nitrogen and oxygen atoms in total. The van der Waals surface area contributed by atoms with Gasteiger partial charge in [0.25, 0.3) is 0 Å². The summed E-state index contributed by atoms with van der Waals surface area (Å²) in [6.45, 7) is 3.67. The largest absolute Gasteiger partial charge is 0.472 e. The van der Waals surface area contributed by atoms with Crippen molar-refractivity contribution in [1.82, 2.24) is 0 Å². The SMILES string of the molecule is CC/C=C\C/C=C\C/C=C\C/C=C\CCCCCCCCCCCCCCCCC(=O)OC(COC(=O)CCCCCCCCCCCCC/C=C\CCCCCCCCCC)COP(=O)(O)OCCN. The van der Waals surface area contributed by atoms with Crippen molar-refractivity contribution in [3.8, 4) is 0 Å². The van der Waals surface area contributed by atoms with Gasteiger partial charge in [-0.15, -0.1) is 0 Å². The van der Waals surface area contributed by atoms with Crippen LogP contribution < -0.4 is 5.73 Å². The topological polar surface area (TPSA) is 134 Å². The smallest absolute Gasteiger partial charge is 0.462 e. The maximum atomic E-state index is 12.7. The Hall–Kier alpha value is -2.29. The summed E-state index contributed by atoms with van der Waals surface area (Å²) >= 11 is 0. The zero-order valence-corrected chi connectivity index (χ0v) is 47.1. The van der Waals surface area contributed by atoms with E-state index in [0.717, 1.165) is 64.2 Å². The lowest BCUT2D eigenvalue weighted by molar-refractivity contribution is -0.161. The fourth-order valence-corrected chi connectivity index (χ4v) is 9.27. The van der Waals surface area contributed by atoms with Crippen molar-refractivity contribution in [1.29, 1.82) is 0 Å². The van der Waals surface area contributed by atoms with Gasteiger partial charge in [0.05, 0.1) is 13.2 Å². The number of ether oxygens (including phenoxy) is 2. The van der Waals surface area contributed by atoms with Crippen LogP contribution in [0.15, 0.2) is 60.8 Å². The molecule has 3 N–H and O–H groups in total. The standard InChI is InChI=1S/C61H112NO8P/c1-3-5-7-9-11-13-15-17-19-21-23-25-27-28-29-30-32-34-36-38-40-42-44-46-48-50-52-54-61(64)70-59(58-69-71(65,66)68-56-55-62)57-67-60(63)53-51-49-47-45-43-41-39-37-35-33-31-26-24-22-20-18-16-14-12-10-8-6-4-2/h5,7,11,13,17,19,22-25,59H,3-4,6,8-10,12,14-16,18,20-21,26-58,62H2,1-2H3,(H,65,66)/b7-5-,13-11-,19-17-,24-22-,25-23-. The van der Waals surface area contributed by atoms with Gasteiger partial charge in [-0.2, -0.15) is 0 Å². The van der Waals surface area contributed by atoms with Crippen LogP contribution in [0.2, 0.25) is 0 Å². The quantitative estimate of drug-likeness (QED) is 0.0264. The van der Waals surface area contributed by atoms with Gasteiger partial charge in [0.15, 0.2) is 6.10 Å². The lowest BCUT2D eigenvalue weighted by atomic mass is 10.0. The first-order valence-electron chi connectivity index (χ1n) is 29.8. The van der Waals surface area contributed by atoms with E-state index >= 15 is 0 Å². The van der Waals surface area contributed by atoms with E-state index in [-0.39, 0.29) is 38.6 Å². The summed E-state index contributed by atoms with van der Waals surface area (Å²) in [5, 5.41) is 0. The van der Waals surface area contributed by atoms with Crippen LogP contribution in [-0.2, 0) is 32.7 Å². The number of carbonyl (C=O) groups excluding carboxylic acids is 2. The zero-order valence-electron chi connectivity index (χ0n) is 46.2. The van der Waals surface area contributed by atoms with Crippen LogP contribution in [0.5, 0.6) is 0 Å². The first-order valence-corrected chi connectivity index (χ1v) is 31.3. The van der Waals surface area contributed by atoms with Crippen LogP contribution in [0.25, 0.3) is 0 Å². The third-order valence-corrected chi connectivity index (χ3v) is 13.9. The number of carbonyl (C=O) groups is 2. The second kappa shape index (κ2) is 57.0. The predicted molar refractivity (Wildman–Crippen MR) is 303 cm³/mol. The molecule has 0 saturated carbocycles. The molecule has 0 spiro atoms.